The van der Waals surface area contributed by atoms with E-state index in [1.165, 1.54) is 116 Å². The van der Waals surface area contributed by atoms with Gasteiger partial charge in [-0.25, -0.2) is 9.13 Å². The number of hydrogen-bond acceptors (Lipinski definition) is 15. The van der Waals surface area contributed by atoms with Crippen LogP contribution in [0.2, 0.25) is 0 Å². The van der Waals surface area contributed by atoms with E-state index in [1.54, 1.807) is 6.08 Å². The van der Waals surface area contributed by atoms with Gasteiger partial charge in [-0.05, 0) is 96.3 Å². The predicted octanol–water partition coefficient (Wildman–Crippen LogP) is 21.4. The zero-order valence-corrected chi connectivity index (χ0v) is 62.3. The predicted molar refractivity (Wildman–Crippen MR) is 390 cm³/mol. The number of aliphatic hydroxyl groups excluding tert-OH is 1. The summed E-state index contributed by atoms with van der Waals surface area (Å²) < 4.78 is 68.3. The third-order valence-electron chi connectivity index (χ3n) is 15.9. The summed E-state index contributed by atoms with van der Waals surface area (Å²) in [6, 6.07) is 0. The lowest BCUT2D eigenvalue weighted by molar-refractivity contribution is -0.161. The summed E-state index contributed by atoms with van der Waals surface area (Å²) in [5.74, 6) is -2.32. The van der Waals surface area contributed by atoms with Crippen LogP contribution in [0.15, 0.2) is 85.1 Å². The highest BCUT2D eigenvalue weighted by molar-refractivity contribution is 7.47. The molecule has 96 heavy (non-hydrogen) atoms. The maximum absolute atomic E-state index is 13.1. The molecule has 556 valence electrons. The molecule has 5 atom stereocenters. The Kier molecular flexibility index (Phi) is 67.0. The molecule has 0 amide bonds. The number of rotatable bonds is 71. The van der Waals surface area contributed by atoms with Gasteiger partial charge in [-0.2, -0.15) is 0 Å². The molecule has 0 aliphatic heterocycles. The minimum atomic E-state index is -4.99. The first kappa shape index (κ1) is 92.2. The number of aliphatic hydroxyl groups is 1. The number of phosphoric acid groups is 2. The van der Waals surface area contributed by atoms with Gasteiger partial charge in [0, 0.05) is 19.3 Å². The van der Waals surface area contributed by atoms with Crippen LogP contribution in [0.5, 0.6) is 0 Å². The first-order valence-electron chi connectivity index (χ1n) is 37.8. The van der Waals surface area contributed by atoms with Gasteiger partial charge in [0.1, 0.15) is 19.3 Å². The van der Waals surface area contributed by atoms with Gasteiger partial charge >= 0.3 is 39.5 Å². The molecule has 0 rings (SSSR count). The first-order chi connectivity index (χ1) is 46.7. The summed E-state index contributed by atoms with van der Waals surface area (Å²) in [7, 11) is -9.96. The molecule has 0 aromatic carbocycles. The molecule has 5 unspecified atom stereocenters. The Balaban J connectivity index is 5.37. The van der Waals surface area contributed by atoms with Gasteiger partial charge in [0.25, 0.3) is 0 Å². The minimum Gasteiger partial charge on any atom is -0.462 e. The van der Waals surface area contributed by atoms with Gasteiger partial charge in [-0.15, -0.1) is 0 Å². The maximum Gasteiger partial charge on any atom is 0.472 e. The summed E-state index contributed by atoms with van der Waals surface area (Å²) in [6.07, 6.45) is 70.4. The number of esters is 4. The highest BCUT2D eigenvalue weighted by Gasteiger charge is 2.30. The van der Waals surface area contributed by atoms with Crippen molar-refractivity contribution in [1.82, 2.24) is 0 Å². The molecule has 0 radical (unpaired) electrons. The van der Waals surface area contributed by atoms with E-state index < -0.39 is 97.5 Å². The number of carbonyl (C=O) groups is 4. The van der Waals surface area contributed by atoms with Gasteiger partial charge in [-0.1, -0.05) is 286 Å². The van der Waals surface area contributed by atoms with E-state index in [-0.39, 0.29) is 25.7 Å². The molecule has 0 saturated heterocycles. The standard InChI is InChI=1S/C77H136O17P2/c1-5-9-13-17-21-25-29-32-35-38-42-45-49-53-57-61-74(79)87-67-72(93-76(81)63-59-55-51-47-41-28-24-20-16-12-8-4)69-91-95(83,84)89-65-71(78)66-90-96(85,86)92-70-73(94-77(82)64-60-56-52-48-44-40-37-34-31-27-23-19-15-11-7-3)68-88-75(80)62-58-54-50-46-43-39-36-33-30-26-22-18-14-10-6-2/h9,13,20-21,24-25,32-33,35-36,42,45,53,57,71-73,78H,5-8,10-12,14-19,22-23,26-31,34,37-41,43-44,46-52,54-56,58-70H2,1-4H3,(H,83,84)(H,85,86)/b13-9-,24-20-,25-21-,35-32-,36-33-,45-42-,57-53-. The van der Waals surface area contributed by atoms with Crippen molar-refractivity contribution in [2.24, 2.45) is 0 Å². The summed E-state index contributed by atoms with van der Waals surface area (Å²) in [4.78, 5) is 72.7. The maximum atomic E-state index is 13.1. The van der Waals surface area contributed by atoms with Crippen LogP contribution in [-0.4, -0.2) is 96.7 Å². The molecule has 0 bridgehead atoms. The van der Waals surface area contributed by atoms with E-state index in [4.69, 9.17) is 37.0 Å². The van der Waals surface area contributed by atoms with Crippen molar-refractivity contribution in [3.05, 3.63) is 85.1 Å². The Bertz CT molecular complexity index is 2160. The number of carbonyl (C=O) groups excluding carboxylic acids is 4. The molecule has 0 aromatic heterocycles. The largest absolute Gasteiger partial charge is 0.472 e. The molecular formula is C77H136O17P2. The minimum absolute atomic E-state index is 0.0659. The third kappa shape index (κ3) is 68.8. The molecule has 0 aromatic rings. The smallest absolute Gasteiger partial charge is 0.462 e. The summed E-state index contributed by atoms with van der Waals surface area (Å²) in [5.41, 5.74) is 0. The Morgan fingerprint density at radius 2 is 0.594 bits per heavy atom. The van der Waals surface area contributed by atoms with Crippen molar-refractivity contribution in [1.29, 1.82) is 0 Å². The average Bonchev–Trinajstić information content (AvgIpc) is 1.11. The fraction of sp³-hybridized carbons (Fsp3) is 0.766. The Morgan fingerprint density at radius 1 is 0.312 bits per heavy atom. The van der Waals surface area contributed by atoms with Crippen molar-refractivity contribution < 1.29 is 80.2 Å². The lowest BCUT2D eigenvalue weighted by atomic mass is 10.0. The Morgan fingerprint density at radius 3 is 0.948 bits per heavy atom. The van der Waals surface area contributed by atoms with Crippen LogP contribution in [-0.2, 0) is 65.4 Å². The molecule has 0 fully saturated rings. The number of allylic oxidation sites excluding steroid dienone is 13. The second-order valence-electron chi connectivity index (χ2n) is 25.2. The van der Waals surface area contributed by atoms with Crippen LogP contribution < -0.4 is 0 Å². The number of phosphoric ester groups is 2. The fourth-order valence-electron chi connectivity index (χ4n) is 10.1. The van der Waals surface area contributed by atoms with Crippen molar-refractivity contribution in [3.8, 4) is 0 Å². The van der Waals surface area contributed by atoms with E-state index in [0.29, 0.717) is 25.7 Å². The van der Waals surface area contributed by atoms with E-state index in [1.807, 2.05) is 18.2 Å². The SMILES string of the molecule is CC/C=C\C/C=C\C/C=C\C/C=C\C/C=C\CC(=O)OCC(COP(=O)(O)OCC(O)COP(=O)(O)OCC(COC(=O)CCCCCCC/C=C\CCCCCCCC)OC(=O)CCCCCCCCCCCCCCCCC)OC(=O)CCCCCCC/C=C\CCCC. The second kappa shape index (κ2) is 69.7. The molecular weight excluding hydrogens is 1260 g/mol. The highest BCUT2D eigenvalue weighted by Crippen LogP contribution is 2.45. The number of hydrogen-bond donors (Lipinski definition) is 3. The molecule has 0 aliphatic carbocycles. The van der Waals surface area contributed by atoms with Gasteiger partial charge in [0.2, 0.25) is 0 Å². The quantitative estimate of drug-likeness (QED) is 0.0169. The van der Waals surface area contributed by atoms with Crippen LogP contribution in [0.25, 0.3) is 0 Å². The van der Waals surface area contributed by atoms with Crippen LogP contribution in [0.4, 0.5) is 0 Å². The van der Waals surface area contributed by atoms with Gasteiger partial charge in [-0.3, -0.25) is 37.3 Å². The fourth-order valence-corrected chi connectivity index (χ4v) is 11.7. The van der Waals surface area contributed by atoms with Crippen molar-refractivity contribution in [3.63, 3.8) is 0 Å². The van der Waals surface area contributed by atoms with Crippen molar-refractivity contribution >= 4 is 39.5 Å². The topological polar surface area (TPSA) is 237 Å². The van der Waals surface area contributed by atoms with Gasteiger partial charge in [0.05, 0.1) is 32.8 Å². The van der Waals surface area contributed by atoms with Gasteiger partial charge in [0.15, 0.2) is 12.2 Å². The monoisotopic (exact) mass is 1390 g/mol. The zero-order chi connectivity index (χ0) is 70.4. The van der Waals surface area contributed by atoms with Crippen LogP contribution in [0.1, 0.15) is 323 Å². The number of ether oxygens (including phenoxy) is 4. The Labute approximate surface area is 583 Å². The molecule has 0 spiro atoms. The van der Waals surface area contributed by atoms with Crippen LogP contribution in [0.3, 0.4) is 0 Å². The van der Waals surface area contributed by atoms with Crippen molar-refractivity contribution in [2.75, 3.05) is 39.6 Å². The normalized spacial score (nSPS) is 14.4. The van der Waals surface area contributed by atoms with E-state index in [0.717, 1.165) is 128 Å². The van der Waals surface area contributed by atoms with Crippen LogP contribution >= 0.6 is 15.6 Å². The molecule has 0 heterocycles. The lowest BCUT2D eigenvalue weighted by Gasteiger charge is -2.21. The Hall–Kier alpha value is -3.76. The van der Waals surface area contributed by atoms with Gasteiger partial charge < -0.3 is 33.8 Å². The summed E-state index contributed by atoms with van der Waals surface area (Å²) in [6.45, 7) is 4.61. The molecule has 0 saturated carbocycles. The average molecular weight is 1400 g/mol. The summed E-state index contributed by atoms with van der Waals surface area (Å²) in [5, 5.41) is 10.6. The van der Waals surface area contributed by atoms with E-state index in [2.05, 4.69) is 88.5 Å². The third-order valence-corrected chi connectivity index (χ3v) is 17.8. The molecule has 17 nitrogen and oxygen atoms in total. The second-order valence-corrected chi connectivity index (χ2v) is 28.1. The summed E-state index contributed by atoms with van der Waals surface area (Å²) >= 11 is 0. The lowest BCUT2D eigenvalue weighted by Crippen LogP contribution is -2.30. The van der Waals surface area contributed by atoms with E-state index >= 15 is 0 Å². The molecule has 19 heteroatoms. The molecule has 0 aliphatic rings. The number of unbranched alkanes of at least 4 members (excludes halogenated alkanes) is 32. The zero-order valence-electron chi connectivity index (χ0n) is 60.5. The van der Waals surface area contributed by atoms with Crippen molar-refractivity contribution in [2.45, 2.75) is 341 Å². The molecule has 3 N–H and O–H groups in total. The van der Waals surface area contributed by atoms with E-state index in [9.17, 15) is 43.2 Å². The van der Waals surface area contributed by atoms with Crippen LogP contribution in [0, 0.1) is 0 Å². The highest BCUT2D eigenvalue weighted by atomic mass is 31.2. The first-order valence-corrected chi connectivity index (χ1v) is 40.8.